The maximum atomic E-state index is 12.2. The van der Waals surface area contributed by atoms with Crippen LogP contribution in [-0.4, -0.2) is 67.6 Å². The van der Waals surface area contributed by atoms with E-state index < -0.39 is 0 Å². The van der Waals surface area contributed by atoms with Crippen LogP contribution >= 0.6 is 0 Å². The Bertz CT molecular complexity index is 346. The van der Waals surface area contributed by atoms with Crippen molar-refractivity contribution in [2.45, 2.75) is 31.7 Å². The fourth-order valence-corrected chi connectivity index (χ4v) is 2.93. The topological polar surface area (TPSA) is 75.9 Å². The maximum Gasteiger partial charge on any atom is 0.308 e. The first-order valence-electron chi connectivity index (χ1n) is 7.43. The van der Waals surface area contributed by atoms with Gasteiger partial charge in [-0.15, -0.1) is 0 Å². The van der Waals surface area contributed by atoms with E-state index >= 15 is 0 Å². The van der Waals surface area contributed by atoms with Crippen LogP contribution in [0.15, 0.2) is 0 Å². The van der Waals surface area contributed by atoms with E-state index in [2.05, 4.69) is 4.90 Å². The quantitative estimate of drug-likeness (QED) is 0.727. The number of methoxy groups -OCH3 is 1. The summed E-state index contributed by atoms with van der Waals surface area (Å²) in [6.45, 7) is 3.62. The number of carbonyl (C=O) groups excluding carboxylic acids is 2. The lowest BCUT2D eigenvalue weighted by Gasteiger charge is -2.34. The summed E-state index contributed by atoms with van der Waals surface area (Å²) in [5.74, 6) is -0.0251. The highest BCUT2D eigenvalue weighted by molar-refractivity contribution is 5.79. The van der Waals surface area contributed by atoms with Crippen LogP contribution in [0.4, 0.5) is 0 Å². The fourth-order valence-electron chi connectivity index (χ4n) is 2.93. The average molecular weight is 283 g/mol. The third-order valence-electron chi connectivity index (χ3n) is 4.37. The van der Waals surface area contributed by atoms with E-state index in [0.717, 1.165) is 25.9 Å². The second-order valence-corrected chi connectivity index (χ2v) is 5.79. The lowest BCUT2D eigenvalue weighted by atomic mass is 9.97. The van der Waals surface area contributed by atoms with Gasteiger partial charge in [-0.05, 0) is 25.7 Å². The smallest absolute Gasteiger partial charge is 0.308 e. The Morgan fingerprint density at radius 3 is 2.25 bits per heavy atom. The molecule has 2 heterocycles. The fraction of sp³-hybridized carbons (Fsp3) is 0.857. The van der Waals surface area contributed by atoms with Gasteiger partial charge in [-0.3, -0.25) is 14.5 Å². The lowest BCUT2D eigenvalue weighted by molar-refractivity contribution is -0.149. The molecule has 0 radical (unpaired) electrons. The number of likely N-dealkylation sites (tertiary alicyclic amines) is 2. The molecule has 0 atom stereocenters. The molecule has 2 rings (SSSR count). The van der Waals surface area contributed by atoms with Crippen molar-refractivity contribution in [1.82, 2.24) is 9.80 Å². The van der Waals surface area contributed by atoms with Gasteiger partial charge in [-0.1, -0.05) is 0 Å². The van der Waals surface area contributed by atoms with Gasteiger partial charge in [0, 0.05) is 32.2 Å². The average Bonchev–Trinajstić information content (AvgIpc) is 2.49. The monoisotopic (exact) mass is 283 g/mol. The molecule has 114 valence electrons. The molecular weight excluding hydrogens is 258 g/mol. The number of esters is 1. The van der Waals surface area contributed by atoms with Gasteiger partial charge in [0.15, 0.2) is 0 Å². The molecule has 0 aliphatic carbocycles. The molecule has 2 aliphatic rings. The van der Waals surface area contributed by atoms with Crippen LogP contribution in [0, 0.1) is 5.92 Å². The van der Waals surface area contributed by atoms with Crippen molar-refractivity contribution in [3.63, 3.8) is 0 Å². The van der Waals surface area contributed by atoms with E-state index in [4.69, 9.17) is 10.5 Å². The van der Waals surface area contributed by atoms with Crippen molar-refractivity contribution in [3.05, 3.63) is 0 Å². The molecule has 2 N–H and O–H groups in total. The largest absolute Gasteiger partial charge is 0.469 e. The minimum atomic E-state index is -0.151. The van der Waals surface area contributed by atoms with E-state index in [0.29, 0.717) is 32.5 Å². The van der Waals surface area contributed by atoms with Gasteiger partial charge in [-0.25, -0.2) is 0 Å². The van der Waals surface area contributed by atoms with Gasteiger partial charge >= 0.3 is 5.97 Å². The molecule has 0 saturated carbocycles. The first-order valence-corrected chi connectivity index (χ1v) is 7.43. The SMILES string of the molecule is COC(=O)C1CCN(C(=O)CN2CCC(N)CC2)CC1. The molecule has 6 heteroatoms. The lowest BCUT2D eigenvalue weighted by Crippen LogP contribution is -2.48. The van der Waals surface area contributed by atoms with Gasteiger partial charge in [-0.2, -0.15) is 0 Å². The summed E-state index contributed by atoms with van der Waals surface area (Å²) in [7, 11) is 1.42. The Morgan fingerprint density at radius 1 is 1.10 bits per heavy atom. The zero-order valence-electron chi connectivity index (χ0n) is 12.2. The molecule has 1 amide bonds. The summed E-state index contributed by atoms with van der Waals surface area (Å²) in [6.07, 6.45) is 3.36. The number of hydrogen-bond donors (Lipinski definition) is 1. The van der Waals surface area contributed by atoms with Crippen LogP contribution in [0.25, 0.3) is 0 Å². The Hall–Kier alpha value is -1.14. The molecule has 0 aromatic carbocycles. The Balaban J connectivity index is 1.73. The van der Waals surface area contributed by atoms with Crippen LogP contribution in [0.3, 0.4) is 0 Å². The second-order valence-electron chi connectivity index (χ2n) is 5.79. The highest BCUT2D eigenvalue weighted by Crippen LogP contribution is 2.19. The molecule has 0 spiro atoms. The number of amides is 1. The molecule has 2 fully saturated rings. The number of nitrogens with two attached hydrogens (primary N) is 1. The highest BCUT2D eigenvalue weighted by Gasteiger charge is 2.28. The number of ether oxygens (including phenoxy) is 1. The molecule has 20 heavy (non-hydrogen) atoms. The molecule has 6 nitrogen and oxygen atoms in total. The van der Waals surface area contributed by atoms with Gasteiger partial charge in [0.1, 0.15) is 0 Å². The van der Waals surface area contributed by atoms with E-state index in [1.165, 1.54) is 7.11 Å². The summed E-state index contributed by atoms with van der Waals surface area (Å²) >= 11 is 0. The zero-order chi connectivity index (χ0) is 14.5. The van der Waals surface area contributed by atoms with Crippen LogP contribution in [0.2, 0.25) is 0 Å². The normalized spacial score (nSPS) is 22.8. The Labute approximate surface area is 120 Å². The Morgan fingerprint density at radius 2 is 1.70 bits per heavy atom. The number of hydrogen-bond acceptors (Lipinski definition) is 5. The van der Waals surface area contributed by atoms with Crippen molar-refractivity contribution in [1.29, 1.82) is 0 Å². The molecule has 2 aliphatic heterocycles. The predicted octanol–water partition coefficient (Wildman–Crippen LogP) is -0.179. The van der Waals surface area contributed by atoms with Crippen molar-refractivity contribution in [2.24, 2.45) is 11.7 Å². The summed E-state index contributed by atoms with van der Waals surface area (Å²) in [4.78, 5) is 27.7. The summed E-state index contributed by atoms with van der Waals surface area (Å²) in [6, 6.07) is 0.289. The predicted molar refractivity (Wildman–Crippen MR) is 75.0 cm³/mol. The maximum absolute atomic E-state index is 12.2. The molecule has 0 aromatic rings. The Kier molecular flexibility index (Phi) is 5.37. The van der Waals surface area contributed by atoms with E-state index in [1.54, 1.807) is 0 Å². The number of piperidine rings is 2. The molecule has 0 bridgehead atoms. The van der Waals surface area contributed by atoms with Crippen LogP contribution in [-0.2, 0) is 14.3 Å². The van der Waals surface area contributed by atoms with Gasteiger partial charge in [0.2, 0.25) is 5.91 Å². The first-order chi connectivity index (χ1) is 9.60. The van der Waals surface area contributed by atoms with Crippen molar-refractivity contribution >= 4 is 11.9 Å². The van der Waals surface area contributed by atoms with Crippen molar-refractivity contribution in [3.8, 4) is 0 Å². The van der Waals surface area contributed by atoms with Gasteiger partial charge < -0.3 is 15.4 Å². The number of rotatable bonds is 3. The standard InChI is InChI=1S/C14H25N3O3/c1-20-14(19)11-2-8-17(9-3-11)13(18)10-16-6-4-12(15)5-7-16/h11-12H,2-10,15H2,1H3. The van der Waals surface area contributed by atoms with E-state index in [1.807, 2.05) is 4.90 Å². The highest BCUT2D eigenvalue weighted by atomic mass is 16.5. The minimum Gasteiger partial charge on any atom is -0.469 e. The summed E-state index contributed by atoms with van der Waals surface area (Å²) < 4.78 is 4.75. The van der Waals surface area contributed by atoms with Crippen LogP contribution in [0.5, 0.6) is 0 Å². The number of nitrogens with zero attached hydrogens (tertiary/aromatic N) is 2. The molecule has 0 aromatic heterocycles. The van der Waals surface area contributed by atoms with Gasteiger partial charge in [0.25, 0.3) is 0 Å². The number of carbonyl (C=O) groups is 2. The molecular formula is C14H25N3O3. The molecule has 2 saturated heterocycles. The van der Waals surface area contributed by atoms with E-state index in [-0.39, 0.29) is 23.8 Å². The third kappa shape index (κ3) is 3.93. The molecule has 0 unspecified atom stereocenters. The first kappa shape index (κ1) is 15.3. The van der Waals surface area contributed by atoms with Crippen LogP contribution < -0.4 is 5.73 Å². The van der Waals surface area contributed by atoms with Gasteiger partial charge in [0.05, 0.1) is 19.6 Å². The summed E-state index contributed by atoms with van der Waals surface area (Å²) in [5.41, 5.74) is 5.86. The van der Waals surface area contributed by atoms with Crippen molar-refractivity contribution in [2.75, 3.05) is 39.8 Å². The summed E-state index contributed by atoms with van der Waals surface area (Å²) in [5, 5.41) is 0. The van der Waals surface area contributed by atoms with Crippen LogP contribution in [0.1, 0.15) is 25.7 Å². The minimum absolute atomic E-state index is 0.0444. The second kappa shape index (κ2) is 7.04. The zero-order valence-corrected chi connectivity index (χ0v) is 12.2. The third-order valence-corrected chi connectivity index (χ3v) is 4.37. The van der Waals surface area contributed by atoms with Crippen molar-refractivity contribution < 1.29 is 14.3 Å². The van der Waals surface area contributed by atoms with E-state index in [9.17, 15) is 9.59 Å².